The van der Waals surface area contributed by atoms with Crippen molar-refractivity contribution < 1.29 is 23.1 Å². The van der Waals surface area contributed by atoms with Gasteiger partial charge >= 0.3 is 12.6 Å². The Morgan fingerprint density at radius 2 is 1.67 bits per heavy atom. The lowest BCUT2D eigenvalue weighted by Gasteiger charge is -2.10. The molecule has 24 heavy (non-hydrogen) atoms. The molecule has 0 aromatic heterocycles. The molecule has 1 aliphatic carbocycles. The van der Waals surface area contributed by atoms with Crippen LogP contribution in [-0.4, -0.2) is 18.4 Å². The summed E-state index contributed by atoms with van der Waals surface area (Å²) in [6.07, 6.45) is 1.23. The van der Waals surface area contributed by atoms with Crippen LogP contribution >= 0.6 is 0 Å². The average molecular weight is 332 g/mol. The van der Waals surface area contributed by atoms with Gasteiger partial charge in [-0.05, 0) is 48.4 Å². The van der Waals surface area contributed by atoms with Gasteiger partial charge in [-0.15, -0.1) is 0 Å². The molecule has 5 nitrogen and oxygen atoms in total. The van der Waals surface area contributed by atoms with E-state index >= 15 is 0 Å². The molecule has 0 heterocycles. The van der Waals surface area contributed by atoms with Crippen LogP contribution in [0.3, 0.4) is 0 Å². The summed E-state index contributed by atoms with van der Waals surface area (Å²) in [5.74, 6) is 0.0803. The summed E-state index contributed by atoms with van der Waals surface area (Å²) >= 11 is 0. The van der Waals surface area contributed by atoms with Crippen molar-refractivity contribution in [2.24, 2.45) is 0 Å². The topological polar surface area (TPSA) is 67.4 Å². The minimum absolute atomic E-state index is 0.00749. The Hall–Kier alpha value is -2.96. The second-order valence-electron chi connectivity index (χ2n) is 5.28. The molecule has 0 aliphatic heterocycles. The van der Waals surface area contributed by atoms with Crippen molar-refractivity contribution >= 4 is 23.2 Å². The second kappa shape index (κ2) is 6.66. The van der Waals surface area contributed by atoms with Gasteiger partial charge in [0.25, 0.3) is 0 Å². The monoisotopic (exact) mass is 332 g/mol. The molecule has 3 rings (SSSR count). The molecule has 124 valence electrons. The lowest BCUT2D eigenvalue weighted by atomic mass is 10.1. The number of ketones is 1. The highest BCUT2D eigenvalue weighted by atomic mass is 19.3. The summed E-state index contributed by atoms with van der Waals surface area (Å²) in [4.78, 5) is 23.7. The first-order valence-corrected chi connectivity index (χ1v) is 7.30. The van der Waals surface area contributed by atoms with E-state index in [4.69, 9.17) is 0 Å². The number of rotatable bonds is 4. The molecule has 0 saturated carbocycles. The number of Topliss-reactive ketones (excluding diaryl/α,β-unsaturated/α-hetero) is 1. The zero-order chi connectivity index (χ0) is 17.1. The number of ether oxygens (including phenoxy) is 1. The molecule has 2 aromatic carbocycles. The van der Waals surface area contributed by atoms with E-state index in [1.54, 1.807) is 12.1 Å². The smallest absolute Gasteiger partial charge is 0.387 e. The predicted octanol–water partition coefficient (Wildman–Crippen LogP) is 4.06. The molecule has 0 fully saturated rings. The zero-order valence-corrected chi connectivity index (χ0v) is 12.5. The number of halogens is 2. The summed E-state index contributed by atoms with van der Waals surface area (Å²) in [5.41, 5.74) is 2.56. The number of anilines is 2. The van der Waals surface area contributed by atoms with Crippen molar-refractivity contribution in [3.8, 4) is 5.75 Å². The first-order chi connectivity index (χ1) is 11.5. The van der Waals surface area contributed by atoms with Crippen LogP contribution in [0.25, 0.3) is 0 Å². The number of amides is 2. The maximum absolute atomic E-state index is 12.1. The number of hydrogen-bond donors (Lipinski definition) is 2. The van der Waals surface area contributed by atoms with Gasteiger partial charge in [0.1, 0.15) is 5.75 Å². The molecular weight excluding hydrogens is 318 g/mol. The van der Waals surface area contributed by atoms with Crippen molar-refractivity contribution in [2.45, 2.75) is 19.5 Å². The SMILES string of the molecule is O=C(Nc1ccc(OC(F)F)cc1)Nc1ccc2c(c1)C(=O)CC2. The van der Waals surface area contributed by atoms with Gasteiger partial charge in [-0.2, -0.15) is 8.78 Å². The maximum Gasteiger partial charge on any atom is 0.387 e. The van der Waals surface area contributed by atoms with E-state index in [2.05, 4.69) is 15.4 Å². The number of aryl methyl sites for hydroxylation is 1. The number of carbonyl (C=O) groups is 2. The minimum atomic E-state index is -2.89. The van der Waals surface area contributed by atoms with Crippen molar-refractivity contribution in [2.75, 3.05) is 10.6 Å². The van der Waals surface area contributed by atoms with E-state index in [0.717, 1.165) is 12.0 Å². The van der Waals surface area contributed by atoms with E-state index in [1.807, 2.05) is 6.07 Å². The lowest BCUT2D eigenvalue weighted by Crippen LogP contribution is -2.19. The normalized spacial score (nSPS) is 12.9. The van der Waals surface area contributed by atoms with Crippen LogP contribution in [0.5, 0.6) is 5.75 Å². The fraction of sp³-hybridized carbons (Fsp3) is 0.176. The van der Waals surface area contributed by atoms with Crippen LogP contribution in [0.15, 0.2) is 42.5 Å². The molecule has 0 saturated heterocycles. The molecule has 0 atom stereocenters. The summed E-state index contributed by atoms with van der Waals surface area (Å²) in [7, 11) is 0. The number of hydrogen-bond acceptors (Lipinski definition) is 3. The molecule has 2 amide bonds. The molecule has 1 aliphatic rings. The molecule has 0 unspecified atom stereocenters. The van der Waals surface area contributed by atoms with Gasteiger partial charge in [-0.25, -0.2) is 4.79 Å². The highest BCUT2D eigenvalue weighted by Crippen LogP contribution is 2.25. The Labute approximate surface area is 136 Å². The van der Waals surface area contributed by atoms with Crippen LogP contribution in [0.4, 0.5) is 25.0 Å². The standard InChI is InChI=1S/C17H14F2N2O3/c18-16(19)24-13-6-4-11(5-7-13)20-17(23)21-12-3-1-10-2-8-15(22)14(10)9-12/h1,3-7,9,16H,2,8H2,(H2,20,21,23). The Balaban J connectivity index is 1.61. The van der Waals surface area contributed by atoms with Gasteiger partial charge in [0.05, 0.1) is 0 Å². The van der Waals surface area contributed by atoms with Gasteiger partial charge in [0.2, 0.25) is 0 Å². The highest BCUT2D eigenvalue weighted by molar-refractivity contribution is 6.03. The third-order valence-electron chi connectivity index (χ3n) is 3.63. The molecule has 2 N–H and O–H groups in total. The van der Waals surface area contributed by atoms with E-state index < -0.39 is 12.6 Å². The van der Waals surface area contributed by atoms with Gasteiger partial charge in [0, 0.05) is 23.4 Å². The van der Waals surface area contributed by atoms with Gasteiger partial charge in [-0.1, -0.05) is 6.07 Å². The van der Waals surface area contributed by atoms with Crippen molar-refractivity contribution in [3.05, 3.63) is 53.6 Å². The number of carbonyl (C=O) groups excluding carboxylic acids is 2. The van der Waals surface area contributed by atoms with Crippen LogP contribution in [-0.2, 0) is 6.42 Å². The van der Waals surface area contributed by atoms with Crippen LogP contribution in [0.2, 0.25) is 0 Å². The van der Waals surface area contributed by atoms with Crippen molar-refractivity contribution in [1.29, 1.82) is 0 Å². The van der Waals surface area contributed by atoms with Gasteiger partial charge < -0.3 is 15.4 Å². The van der Waals surface area contributed by atoms with Crippen molar-refractivity contribution in [3.63, 3.8) is 0 Å². The second-order valence-corrected chi connectivity index (χ2v) is 5.28. The van der Waals surface area contributed by atoms with Crippen LogP contribution in [0, 0.1) is 0 Å². The van der Waals surface area contributed by atoms with Gasteiger partial charge in [-0.3, -0.25) is 4.79 Å². The molecule has 7 heteroatoms. The van der Waals surface area contributed by atoms with Crippen LogP contribution < -0.4 is 15.4 Å². The third kappa shape index (κ3) is 3.68. The Kier molecular flexibility index (Phi) is 4.41. The minimum Gasteiger partial charge on any atom is -0.435 e. The van der Waals surface area contributed by atoms with E-state index in [9.17, 15) is 18.4 Å². The first kappa shape index (κ1) is 15.9. The third-order valence-corrected chi connectivity index (χ3v) is 3.63. The number of alkyl halides is 2. The zero-order valence-electron chi connectivity index (χ0n) is 12.5. The van der Waals surface area contributed by atoms with Gasteiger partial charge in [0.15, 0.2) is 5.78 Å². The number of benzene rings is 2. The number of urea groups is 1. The summed E-state index contributed by atoms with van der Waals surface area (Å²) in [6, 6.07) is 10.3. The van der Waals surface area contributed by atoms with E-state index in [0.29, 0.717) is 23.4 Å². The molecule has 0 spiro atoms. The van der Waals surface area contributed by atoms with E-state index in [-0.39, 0.29) is 11.5 Å². The number of nitrogens with one attached hydrogen (secondary N) is 2. The maximum atomic E-state index is 12.1. The summed E-state index contributed by atoms with van der Waals surface area (Å²) < 4.78 is 28.4. The molecule has 2 aromatic rings. The Bertz CT molecular complexity index is 776. The van der Waals surface area contributed by atoms with Crippen LogP contribution in [0.1, 0.15) is 22.3 Å². The molecular formula is C17H14F2N2O3. The predicted molar refractivity (Wildman–Crippen MR) is 84.8 cm³/mol. The highest BCUT2D eigenvalue weighted by Gasteiger charge is 2.19. The fourth-order valence-electron chi connectivity index (χ4n) is 2.53. The molecule has 0 bridgehead atoms. The Morgan fingerprint density at radius 3 is 2.38 bits per heavy atom. The van der Waals surface area contributed by atoms with Crippen molar-refractivity contribution in [1.82, 2.24) is 0 Å². The largest absolute Gasteiger partial charge is 0.435 e. The van der Waals surface area contributed by atoms with E-state index in [1.165, 1.54) is 24.3 Å². The average Bonchev–Trinajstić information content (AvgIpc) is 2.90. The summed E-state index contributed by atoms with van der Waals surface area (Å²) in [6.45, 7) is -2.89. The molecule has 0 radical (unpaired) electrons. The Morgan fingerprint density at radius 1 is 1.00 bits per heavy atom. The quantitative estimate of drug-likeness (QED) is 0.887. The first-order valence-electron chi connectivity index (χ1n) is 7.30. The lowest BCUT2D eigenvalue weighted by molar-refractivity contribution is -0.0498. The summed E-state index contributed by atoms with van der Waals surface area (Å²) in [5, 5.41) is 5.21. The fourth-order valence-corrected chi connectivity index (χ4v) is 2.53. The number of fused-ring (bicyclic) bond motifs is 1.